The normalized spacial score (nSPS) is 24.6. The van der Waals surface area contributed by atoms with E-state index in [4.69, 9.17) is 10.00 Å². The van der Waals surface area contributed by atoms with Gasteiger partial charge in [0.25, 0.3) is 0 Å². The summed E-state index contributed by atoms with van der Waals surface area (Å²) in [6.45, 7) is 5.41. The van der Waals surface area contributed by atoms with Gasteiger partial charge >= 0.3 is 0 Å². The van der Waals surface area contributed by atoms with Crippen LogP contribution in [-0.4, -0.2) is 49.6 Å². The molecule has 0 spiro atoms. The van der Waals surface area contributed by atoms with Gasteiger partial charge < -0.3 is 9.64 Å². The lowest BCUT2D eigenvalue weighted by Gasteiger charge is -2.60. The number of fused-ring (bicyclic) bond motifs is 1. The van der Waals surface area contributed by atoms with E-state index in [0.29, 0.717) is 5.56 Å². The first-order chi connectivity index (χ1) is 15.7. The van der Waals surface area contributed by atoms with E-state index < -0.39 is 0 Å². The molecular weight excluding hydrogens is 394 g/mol. The van der Waals surface area contributed by atoms with E-state index in [2.05, 4.69) is 47.2 Å². The molecule has 2 aromatic rings. The van der Waals surface area contributed by atoms with Gasteiger partial charge in [-0.15, -0.1) is 0 Å². The molecule has 5 rings (SSSR count). The molecule has 0 aromatic heterocycles. The highest BCUT2D eigenvalue weighted by Gasteiger charge is 2.55. The fourth-order valence-corrected chi connectivity index (χ4v) is 6.70. The number of benzene rings is 2. The van der Waals surface area contributed by atoms with Gasteiger partial charge in [-0.05, 0) is 74.0 Å². The average Bonchev–Trinajstić information content (AvgIpc) is 3.34. The monoisotopic (exact) mass is 429 g/mol. The number of hydrogen-bond donors (Lipinski definition) is 0. The Morgan fingerprint density at radius 3 is 2.53 bits per heavy atom. The van der Waals surface area contributed by atoms with E-state index in [1.54, 1.807) is 11.1 Å². The van der Waals surface area contributed by atoms with Gasteiger partial charge in [0.15, 0.2) is 0 Å². The lowest BCUT2D eigenvalue weighted by molar-refractivity contribution is -0.0823. The standard InChI is InChI=1S/C28H35N3O/c1-30-17-15-23-7-2-5-10-27(23)28(30,24-8-3-4-9-24)25-20-31(21-25)16-6-18-32-26-13-11-22(19-29)12-14-26/h2,5,7,10-14,24-25H,3-4,6,8-9,15-18,20-21H2,1H3. The van der Waals surface area contributed by atoms with Crippen LogP contribution in [0.15, 0.2) is 48.5 Å². The highest BCUT2D eigenvalue weighted by atomic mass is 16.5. The molecular formula is C28H35N3O. The summed E-state index contributed by atoms with van der Waals surface area (Å²) in [5.41, 5.74) is 4.12. The van der Waals surface area contributed by atoms with E-state index in [-0.39, 0.29) is 5.54 Å². The molecule has 2 aromatic carbocycles. The van der Waals surface area contributed by atoms with Crippen molar-refractivity contribution in [2.45, 2.75) is 44.1 Å². The zero-order valence-electron chi connectivity index (χ0n) is 19.3. The molecule has 168 valence electrons. The zero-order valence-corrected chi connectivity index (χ0v) is 19.3. The summed E-state index contributed by atoms with van der Waals surface area (Å²) >= 11 is 0. The number of ether oxygens (including phenoxy) is 1. The molecule has 2 fully saturated rings. The Balaban J connectivity index is 1.21. The van der Waals surface area contributed by atoms with Gasteiger partial charge in [-0.25, -0.2) is 0 Å². The maximum atomic E-state index is 8.91. The quantitative estimate of drug-likeness (QED) is 0.591. The average molecular weight is 430 g/mol. The zero-order chi connectivity index (χ0) is 22.0. The Bertz CT molecular complexity index is 953. The fourth-order valence-electron chi connectivity index (χ4n) is 6.70. The van der Waals surface area contributed by atoms with Gasteiger partial charge in [0.2, 0.25) is 0 Å². The number of nitriles is 1. The first-order valence-corrected chi connectivity index (χ1v) is 12.4. The maximum Gasteiger partial charge on any atom is 0.119 e. The summed E-state index contributed by atoms with van der Waals surface area (Å²) in [6, 6.07) is 18.9. The summed E-state index contributed by atoms with van der Waals surface area (Å²) in [7, 11) is 2.39. The van der Waals surface area contributed by atoms with Gasteiger partial charge in [0, 0.05) is 32.1 Å². The van der Waals surface area contributed by atoms with Crippen LogP contribution < -0.4 is 4.74 Å². The molecule has 1 saturated carbocycles. The largest absolute Gasteiger partial charge is 0.494 e. The molecule has 4 nitrogen and oxygen atoms in total. The molecule has 1 atom stereocenters. The maximum absolute atomic E-state index is 8.91. The molecule has 3 aliphatic rings. The van der Waals surface area contributed by atoms with E-state index in [1.807, 2.05) is 24.3 Å². The van der Waals surface area contributed by atoms with Crippen LogP contribution in [0, 0.1) is 23.2 Å². The van der Waals surface area contributed by atoms with Crippen molar-refractivity contribution in [3.05, 3.63) is 65.2 Å². The van der Waals surface area contributed by atoms with Gasteiger partial charge in [0.05, 0.1) is 23.8 Å². The Morgan fingerprint density at radius 1 is 1.03 bits per heavy atom. The van der Waals surface area contributed by atoms with Gasteiger partial charge in [-0.1, -0.05) is 37.1 Å². The predicted octanol–water partition coefficient (Wildman–Crippen LogP) is 4.83. The molecule has 1 saturated heterocycles. The third kappa shape index (κ3) is 3.83. The molecule has 0 radical (unpaired) electrons. The summed E-state index contributed by atoms with van der Waals surface area (Å²) in [4.78, 5) is 5.36. The summed E-state index contributed by atoms with van der Waals surface area (Å²) in [6.07, 6.45) is 7.78. The first-order valence-electron chi connectivity index (χ1n) is 12.4. The van der Waals surface area contributed by atoms with Crippen LogP contribution in [0.1, 0.15) is 48.8 Å². The molecule has 1 aliphatic carbocycles. The van der Waals surface area contributed by atoms with Crippen LogP contribution in [0.2, 0.25) is 0 Å². The lowest BCUT2D eigenvalue weighted by atomic mass is 9.62. The third-order valence-corrected chi connectivity index (χ3v) is 8.22. The molecule has 2 heterocycles. The molecule has 0 amide bonds. The van der Waals surface area contributed by atoms with E-state index in [9.17, 15) is 0 Å². The predicted molar refractivity (Wildman–Crippen MR) is 128 cm³/mol. The van der Waals surface area contributed by atoms with Crippen molar-refractivity contribution >= 4 is 0 Å². The van der Waals surface area contributed by atoms with Crippen molar-refractivity contribution in [3.63, 3.8) is 0 Å². The Hall–Kier alpha value is -2.35. The minimum absolute atomic E-state index is 0.223. The van der Waals surface area contributed by atoms with Crippen LogP contribution in [-0.2, 0) is 12.0 Å². The first kappa shape index (κ1) is 21.5. The SMILES string of the molecule is CN1CCc2ccccc2C1(C1CCCC1)C1CN(CCCOc2ccc(C#N)cc2)C1. The third-order valence-electron chi connectivity index (χ3n) is 8.22. The fraction of sp³-hybridized carbons (Fsp3) is 0.536. The molecule has 0 bridgehead atoms. The summed E-state index contributed by atoms with van der Waals surface area (Å²) in [5, 5.41) is 8.91. The molecule has 0 N–H and O–H groups in total. The number of likely N-dealkylation sites (N-methyl/N-ethyl adjacent to an activating group) is 1. The van der Waals surface area contributed by atoms with Crippen molar-refractivity contribution in [2.24, 2.45) is 11.8 Å². The number of nitrogens with zero attached hydrogens (tertiary/aromatic N) is 3. The Morgan fingerprint density at radius 2 is 1.78 bits per heavy atom. The second-order valence-corrected chi connectivity index (χ2v) is 9.93. The van der Waals surface area contributed by atoms with Crippen LogP contribution in [0.3, 0.4) is 0 Å². The van der Waals surface area contributed by atoms with Gasteiger partial charge in [0.1, 0.15) is 5.75 Å². The van der Waals surface area contributed by atoms with E-state index in [0.717, 1.165) is 37.2 Å². The smallest absolute Gasteiger partial charge is 0.119 e. The molecule has 32 heavy (non-hydrogen) atoms. The lowest BCUT2D eigenvalue weighted by Crippen LogP contribution is -2.66. The van der Waals surface area contributed by atoms with E-state index >= 15 is 0 Å². The van der Waals surface area contributed by atoms with Crippen LogP contribution in [0.25, 0.3) is 0 Å². The van der Waals surface area contributed by atoms with Crippen LogP contribution in [0.5, 0.6) is 5.75 Å². The molecule has 2 aliphatic heterocycles. The molecule has 1 unspecified atom stereocenters. The van der Waals surface area contributed by atoms with Crippen molar-refractivity contribution in [1.82, 2.24) is 9.80 Å². The number of hydrogen-bond acceptors (Lipinski definition) is 4. The van der Waals surface area contributed by atoms with Crippen molar-refractivity contribution in [1.29, 1.82) is 5.26 Å². The summed E-state index contributed by atoms with van der Waals surface area (Å²) < 4.78 is 5.89. The Labute approximate surface area is 192 Å². The van der Waals surface area contributed by atoms with Crippen LogP contribution in [0.4, 0.5) is 0 Å². The second kappa shape index (κ2) is 9.25. The minimum Gasteiger partial charge on any atom is -0.494 e. The highest BCUT2D eigenvalue weighted by molar-refractivity contribution is 5.39. The molecule has 4 heteroatoms. The van der Waals surface area contributed by atoms with Gasteiger partial charge in [-0.2, -0.15) is 5.26 Å². The topological polar surface area (TPSA) is 39.5 Å². The van der Waals surface area contributed by atoms with Gasteiger partial charge in [-0.3, -0.25) is 4.90 Å². The van der Waals surface area contributed by atoms with Crippen molar-refractivity contribution in [2.75, 3.05) is 39.8 Å². The minimum atomic E-state index is 0.223. The second-order valence-electron chi connectivity index (χ2n) is 9.93. The van der Waals surface area contributed by atoms with Crippen molar-refractivity contribution in [3.8, 4) is 11.8 Å². The van der Waals surface area contributed by atoms with Crippen LogP contribution >= 0.6 is 0 Å². The summed E-state index contributed by atoms with van der Waals surface area (Å²) in [5.74, 6) is 2.36. The number of likely N-dealkylation sites (tertiary alicyclic amines) is 1. The highest BCUT2D eigenvalue weighted by Crippen LogP contribution is 2.53. The van der Waals surface area contributed by atoms with Crippen molar-refractivity contribution < 1.29 is 4.74 Å². The van der Waals surface area contributed by atoms with E-state index in [1.165, 1.54) is 51.7 Å². The Kier molecular flexibility index (Phi) is 6.22. The number of rotatable bonds is 7.